The zero-order valence-electron chi connectivity index (χ0n) is 26.5. The zero-order chi connectivity index (χ0) is 29.8. The van der Waals surface area contributed by atoms with Crippen LogP contribution in [0.25, 0.3) is 0 Å². The van der Waals surface area contributed by atoms with Crippen LogP contribution in [0.15, 0.2) is 24.3 Å². The molecule has 1 unspecified atom stereocenters. The van der Waals surface area contributed by atoms with Gasteiger partial charge in [0.15, 0.2) is 0 Å². The van der Waals surface area contributed by atoms with Crippen molar-refractivity contribution in [2.75, 3.05) is 11.9 Å². The summed E-state index contributed by atoms with van der Waals surface area (Å²) in [6.45, 7) is 5.08. The summed E-state index contributed by atoms with van der Waals surface area (Å²) in [5.74, 6) is -5.51. The number of nitrogens with one attached hydrogen (secondary N) is 2. The Morgan fingerprint density at radius 3 is 2.70 bits per heavy atom. The van der Waals surface area contributed by atoms with Crippen molar-refractivity contribution in [1.29, 1.82) is 0 Å². The second-order valence-electron chi connectivity index (χ2n) is 6.81. The van der Waals surface area contributed by atoms with Crippen LogP contribution in [0.1, 0.15) is 85.8 Å². The predicted molar refractivity (Wildman–Crippen MR) is 105 cm³/mol. The van der Waals surface area contributed by atoms with E-state index in [4.69, 9.17) is 19.8 Å². The lowest BCUT2D eigenvalue weighted by Crippen LogP contribution is -2.33. The van der Waals surface area contributed by atoms with E-state index in [1.165, 1.54) is 24.3 Å². The number of anilines is 1. The van der Waals surface area contributed by atoms with Crippen molar-refractivity contribution < 1.29 is 34.5 Å². The summed E-state index contributed by atoms with van der Waals surface area (Å²) >= 11 is 0. The van der Waals surface area contributed by atoms with E-state index >= 15 is 0 Å². The smallest absolute Gasteiger partial charge is 0.407 e. The second-order valence-corrected chi connectivity index (χ2v) is 6.81. The quantitative estimate of drug-likeness (QED) is 0.684. The summed E-state index contributed by atoms with van der Waals surface area (Å²) in [6.07, 6.45) is -20.8. The van der Waals surface area contributed by atoms with Gasteiger partial charge in [-0.05, 0) is 57.6 Å². The molecule has 0 bridgehead atoms. The summed E-state index contributed by atoms with van der Waals surface area (Å²) in [4.78, 5) is 24.9. The first-order valence-electron chi connectivity index (χ1n) is 13.9. The fourth-order valence-corrected chi connectivity index (χ4v) is 2.17. The molecule has 0 heterocycles. The highest BCUT2D eigenvalue weighted by Crippen LogP contribution is 2.26. The first kappa shape index (κ1) is 10.5. The number of ether oxygens (including phenoxy) is 1. The molecule has 0 spiro atoms. The highest BCUT2D eigenvalue weighted by atomic mass is 16.6. The monoisotopic (exact) mass is 387 g/mol. The van der Waals surface area contributed by atoms with Crippen LogP contribution in [0.4, 0.5) is 10.5 Å². The molecule has 1 atom stereocenters. The lowest BCUT2D eigenvalue weighted by atomic mass is 9.88. The molecule has 0 aliphatic heterocycles. The third kappa shape index (κ3) is 7.59. The molecule has 6 nitrogen and oxygen atoms in total. The van der Waals surface area contributed by atoms with Crippen LogP contribution in [-0.4, -0.2) is 29.3 Å². The number of benzene rings is 1. The molecule has 1 aromatic carbocycles. The van der Waals surface area contributed by atoms with E-state index < -0.39 is 61.5 Å². The van der Waals surface area contributed by atoms with Crippen molar-refractivity contribution in [3.8, 4) is 0 Å². The van der Waals surface area contributed by atoms with Crippen molar-refractivity contribution in [3.63, 3.8) is 0 Å². The van der Waals surface area contributed by atoms with Gasteiger partial charge in [-0.15, -0.1) is 0 Å². The molecule has 1 aliphatic rings. The van der Waals surface area contributed by atoms with Gasteiger partial charge in [-0.3, -0.25) is 4.79 Å². The molecule has 0 aromatic heterocycles. The molecule has 27 heavy (non-hydrogen) atoms. The first-order chi connectivity index (χ1) is 16.9. The van der Waals surface area contributed by atoms with Gasteiger partial charge in [0.05, 0.1) is 6.10 Å². The Kier molecular flexibility index (Phi) is 3.77. The Morgan fingerprint density at radius 2 is 2.04 bits per heavy atom. The topological polar surface area (TPSA) is 87.7 Å². The van der Waals surface area contributed by atoms with Gasteiger partial charge in [0.1, 0.15) is 5.60 Å². The number of hydrogen-bond acceptors (Lipinski definition) is 4. The minimum atomic E-state index is -3.83. The lowest BCUT2D eigenvalue weighted by molar-refractivity contribution is -0.120. The summed E-state index contributed by atoms with van der Waals surface area (Å²) in [7, 11) is 0. The predicted octanol–water partition coefficient (Wildman–Crippen LogP) is 4.15. The van der Waals surface area contributed by atoms with Gasteiger partial charge in [0, 0.05) is 33.2 Å². The van der Waals surface area contributed by atoms with E-state index in [2.05, 4.69) is 10.6 Å². The molecule has 6 heteroatoms. The molecule has 1 fully saturated rings. The molecule has 1 aromatic rings. The van der Waals surface area contributed by atoms with Crippen molar-refractivity contribution in [1.82, 2.24) is 5.32 Å². The molecule has 150 valence electrons. The largest absolute Gasteiger partial charge is 0.444 e. The van der Waals surface area contributed by atoms with E-state index in [-0.39, 0.29) is 24.2 Å². The highest BCUT2D eigenvalue weighted by Gasteiger charge is 2.21. The second kappa shape index (κ2) is 9.74. The molecule has 1 aliphatic carbocycles. The SMILES string of the molecule is [2H]C1([2H])C([2H])([2H])C([2H])([2H])C([2H])(C(=O)Nc2cccc(C(O)CCNC(=O)OC(C)(C)C)c2)C([2H])([2H])C1([2H])[2H]. The Hall–Kier alpha value is -2.08. The normalized spacial score (nSPS) is 33.0. The fraction of sp³-hybridized carbons (Fsp3) is 0.619. The van der Waals surface area contributed by atoms with Crippen LogP contribution in [0, 0.1) is 5.89 Å². The molecule has 2 amide bonds. The minimum Gasteiger partial charge on any atom is -0.444 e. The number of alkyl carbamates (subject to hydrolysis) is 1. The highest BCUT2D eigenvalue weighted by molar-refractivity contribution is 5.92. The third-order valence-corrected chi connectivity index (χ3v) is 3.34. The van der Waals surface area contributed by atoms with Gasteiger partial charge in [-0.1, -0.05) is 31.3 Å². The maximum atomic E-state index is 13.2. The van der Waals surface area contributed by atoms with Crippen molar-refractivity contribution in [2.24, 2.45) is 5.89 Å². The number of carbonyl (C=O) groups excluding carboxylic acids is 2. The molecule has 3 N–H and O–H groups in total. The van der Waals surface area contributed by atoms with Crippen LogP contribution in [0.5, 0.6) is 0 Å². The van der Waals surface area contributed by atoms with Crippen molar-refractivity contribution in [3.05, 3.63) is 29.8 Å². The van der Waals surface area contributed by atoms with Gasteiger partial charge in [-0.25, -0.2) is 4.79 Å². The maximum Gasteiger partial charge on any atom is 0.407 e. The van der Waals surface area contributed by atoms with Crippen LogP contribution < -0.4 is 10.6 Å². The van der Waals surface area contributed by atoms with Crippen LogP contribution in [0.2, 0.25) is 0 Å². The average molecular weight is 388 g/mol. The molecule has 1 saturated carbocycles. The van der Waals surface area contributed by atoms with E-state index in [0.717, 1.165) is 0 Å². The van der Waals surface area contributed by atoms with Crippen LogP contribution in [0.3, 0.4) is 0 Å². The summed E-state index contributed by atoms with van der Waals surface area (Å²) in [5, 5.41) is 15.1. The van der Waals surface area contributed by atoms with Gasteiger partial charge >= 0.3 is 6.09 Å². The number of amides is 2. The van der Waals surface area contributed by atoms with Crippen molar-refractivity contribution in [2.45, 2.75) is 70.8 Å². The summed E-state index contributed by atoms with van der Waals surface area (Å²) < 4.78 is 93.7. The van der Waals surface area contributed by atoms with Gasteiger partial charge in [0.25, 0.3) is 0 Å². The molecular weight excluding hydrogens is 344 g/mol. The summed E-state index contributed by atoms with van der Waals surface area (Å²) in [6, 6.07) is 5.35. The Morgan fingerprint density at radius 1 is 1.33 bits per heavy atom. The van der Waals surface area contributed by atoms with Gasteiger partial charge < -0.3 is 20.5 Å². The number of aliphatic hydroxyl groups excluding tert-OH is 1. The van der Waals surface area contributed by atoms with E-state index in [1.807, 2.05) is 0 Å². The minimum absolute atomic E-state index is 0.0229. The fourth-order valence-electron chi connectivity index (χ4n) is 2.17. The molecular formula is C21H32N2O4. The summed E-state index contributed by atoms with van der Waals surface area (Å²) in [5.41, 5.74) is -0.625. The Bertz CT molecular complexity index is 1040. The van der Waals surface area contributed by atoms with Gasteiger partial charge in [0.2, 0.25) is 5.91 Å². The lowest BCUT2D eigenvalue weighted by Gasteiger charge is -2.21. The molecule has 0 saturated heterocycles. The standard InChI is InChI=1S/C21H32N2O4/c1-21(2,3)27-20(26)22-13-12-18(24)16-10-7-11-17(14-16)23-19(25)15-8-5-4-6-9-15/h7,10-11,14-15,18,24H,4-6,8-9,12-13H2,1-3H3,(H,22,26)(H,23,25)/i4D2,5D2,6D2,8D2,9D2,15D. The van der Waals surface area contributed by atoms with E-state index in [1.54, 1.807) is 20.8 Å². The van der Waals surface area contributed by atoms with Crippen LogP contribution in [-0.2, 0) is 9.53 Å². The number of carbonyl (C=O) groups is 2. The van der Waals surface area contributed by atoms with Crippen molar-refractivity contribution >= 4 is 17.7 Å². The molecule has 0 radical (unpaired) electrons. The van der Waals surface area contributed by atoms with Gasteiger partial charge in [-0.2, -0.15) is 0 Å². The number of rotatable bonds is 6. The number of hydrogen-bond donors (Lipinski definition) is 3. The zero-order valence-corrected chi connectivity index (χ0v) is 15.5. The first-order valence-corrected chi connectivity index (χ1v) is 8.45. The number of aliphatic hydroxyl groups is 1. The van der Waals surface area contributed by atoms with E-state index in [9.17, 15) is 14.7 Å². The maximum absolute atomic E-state index is 13.2. The third-order valence-electron chi connectivity index (χ3n) is 3.34. The average Bonchev–Trinajstić information content (AvgIpc) is 2.75. The van der Waals surface area contributed by atoms with Crippen LogP contribution >= 0.6 is 0 Å². The molecule has 2 rings (SSSR count). The Labute approximate surface area is 177 Å². The Balaban J connectivity index is 2.29. The van der Waals surface area contributed by atoms with E-state index in [0.29, 0.717) is 0 Å².